The molecule has 0 heterocycles. The first-order valence-corrected chi connectivity index (χ1v) is 6.37. The maximum Gasteiger partial charge on any atom is 0.408 e. The Labute approximate surface area is 114 Å². The van der Waals surface area contributed by atoms with Crippen LogP contribution < -0.4 is 5.32 Å². The van der Waals surface area contributed by atoms with Crippen molar-refractivity contribution in [2.24, 2.45) is 5.92 Å². The van der Waals surface area contributed by atoms with Crippen molar-refractivity contribution in [1.29, 1.82) is 0 Å². The minimum atomic E-state index is -0.935. The number of hydrogen-bond acceptors (Lipinski definition) is 5. The van der Waals surface area contributed by atoms with Crippen molar-refractivity contribution in [2.75, 3.05) is 7.11 Å². The topological polar surface area (TPSA) is 84.9 Å². The van der Waals surface area contributed by atoms with Gasteiger partial charge in [0.1, 0.15) is 11.6 Å². The van der Waals surface area contributed by atoms with Crippen molar-refractivity contribution in [3.63, 3.8) is 0 Å². The molecule has 112 valence electrons. The van der Waals surface area contributed by atoms with Crippen LogP contribution in [0.25, 0.3) is 0 Å². The Kier molecular flexibility index (Phi) is 6.83. The quantitative estimate of drug-likeness (QED) is 0.742. The van der Waals surface area contributed by atoms with E-state index >= 15 is 0 Å². The van der Waals surface area contributed by atoms with E-state index in [-0.39, 0.29) is 0 Å². The zero-order chi connectivity index (χ0) is 15.2. The fraction of sp³-hybridized carbons (Fsp3) is 0.846. The van der Waals surface area contributed by atoms with Crippen LogP contribution in [0.5, 0.6) is 0 Å². The average molecular weight is 275 g/mol. The van der Waals surface area contributed by atoms with Crippen molar-refractivity contribution < 1.29 is 24.2 Å². The molecule has 2 N–H and O–H groups in total. The van der Waals surface area contributed by atoms with E-state index in [1.807, 2.05) is 0 Å². The van der Waals surface area contributed by atoms with Crippen LogP contribution in [-0.4, -0.2) is 42.0 Å². The molecule has 0 aliphatic carbocycles. The molecule has 0 saturated carbocycles. The summed E-state index contributed by atoms with van der Waals surface area (Å²) in [7, 11) is 1.23. The minimum Gasteiger partial charge on any atom is -0.467 e. The third-order valence-corrected chi connectivity index (χ3v) is 2.68. The van der Waals surface area contributed by atoms with Crippen LogP contribution in [0.15, 0.2) is 0 Å². The fourth-order valence-corrected chi connectivity index (χ4v) is 1.56. The van der Waals surface area contributed by atoms with Gasteiger partial charge in [-0.2, -0.15) is 0 Å². The van der Waals surface area contributed by atoms with Crippen LogP contribution in [0.3, 0.4) is 0 Å². The zero-order valence-corrected chi connectivity index (χ0v) is 12.5. The van der Waals surface area contributed by atoms with E-state index in [1.54, 1.807) is 34.6 Å². The first kappa shape index (κ1) is 17.7. The fourth-order valence-electron chi connectivity index (χ4n) is 1.56. The Morgan fingerprint density at radius 2 is 1.84 bits per heavy atom. The molecule has 1 amide bonds. The highest BCUT2D eigenvalue weighted by Gasteiger charge is 2.33. The number of aliphatic hydroxyl groups excluding tert-OH is 1. The van der Waals surface area contributed by atoms with E-state index in [9.17, 15) is 14.7 Å². The SMILES string of the molecule is CC[C@H](O)[C@@H](C)[C@H](NC(=O)OC(C)(C)C)C(=O)OC. The Bertz CT molecular complexity index is 311. The van der Waals surface area contributed by atoms with Crippen molar-refractivity contribution in [1.82, 2.24) is 5.32 Å². The number of ether oxygens (including phenoxy) is 2. The number of esters is 1. The van der Waals surface area contributed by atoms with E-state index in [0.29, 0.717) is 6.42 Å². The second-order valence-corrected chi connectivity index (χ2v) is 5.48. The lowest BCUT2D eigenvalue weighted by Gasteiger charge is -2.27. The molecule has 0 unspecified atom stereocenters. The van der Waals surface area contributed by atoms with Crippen LogP contribution in [0.2, 0.25) is 0 Å². The maximum atomic E-state index is 11.7. The Morgan fingerprint density at radius 1 is 1.32 bits per heavy atom. The molecule has 6 heteroatoms. The number of carbonyl (C=O) groups excluding carboxylic acids is 2. The maximum absolute atomic E-state index is 11.7. The molecular formula is C13H25NO5. The van der Waals surface area contributed by atoms with Crippen molar-refractivity contribution in [3.8, 4) is 0 Å². The average Bonchev–Trinajstić information content (AvgIpc) is 2.30. The van der Waals surface area contributed by atoms with E-state index in [1.165, 1.54) is 7.11 Å². The molecule has 0 aliphatic heterocycles. The van der Waals surface area contributed by atoms with Gasteiger partial charge in [0.05, 0.1) is 13.2 Å². The summed E-state index contributed by atoms with van der Waals surface area (Å²) in [5, 5.41) is 12.2. The standard InChI is InChI=1S/C13H25NO5/c1-7-9(15)8(2)10(11(16)18-6)14-12(17)19-13(3,4)5/h8-10,15H,7H2,1-6H3,(H,14,17)/t8-,9+,10+/m1/s1. The zero-order valence-electron chi connectivity index (χ0n) is 12.5. The van der Waals surface area contributed by atoms with E-state index in [2.05, 4.69) is 10.1 Å². The molecule has 0 radical (unpaired) electrons. The van der Waals surface area contributed by atoms with Crippen molar-refractivity contribution >= 4 is 12.1 Å². The molecule has 0 aromatic carbocycles. The molecule has 0 aromatic heterocycles. The molecule has 0 bridgehead atoms. The predicted octanol–water partition coefficient (Wildman–Crippen LogP) is 1.46. The number of alkyl carbamates (subject to hydrolysis) is 1. The highest BCUT2D eigenvalue weighted by Crippen LogP contribution is 2.14. The van der Waals surface area contributed by atoms with Crippen LogP contribution in [0, 0.1) is 5.92 Å². The molecule has 0 rings (SSSR count). The third kappa shape index (κ3) is 6.42. The van der Waals surface area contributed by atoms with Gasteiger partial charge >= 0.3 is 12.1 Å². The highest BCUT2D eigenvalue weighted by molar-refractivity contribution is 5.81. The summed E-state index contributed by atoms with van der Waals surface area (Å²) in [6.45, 7) is 8.65. The van der Waals surface area contributed by atoms with E-state index in [0.717, 1.165) is 0 Å². The second kappa shape index (κ2) is 7.33. The van der Waals surface area contributed by atoms with Gasteiger partial charge in [-0.15, -0.1) is 0 Å². The predicted molar refractivity (Wildman–Crippen MR) is 70.6 cm³/mol. The summed E-state index contributed by atoms with van der Waals surface area (Å²) < 4.78 is 9.73. The molecule has 0 saturated heterocycles. The van der Waals surface area contributed by atoms with Gasteiger partial charge < -0.3 is 19.9 Å². The number of hydrogen-bond donors (Lipinski definition) is 2. The molecule has 19 heavy (non-hydrogen) atoms. The molecule has 0 aliphatic rings. The number of rotatable bonds is 5. The van der Waals surface area contributed by atoms with E-state index in [4.69, 9.17) is 4.74 Å². The summed E-state index contributed by atoms with van der Waals surface area (Å²) in [6, 6.07) is -0.935. The first-order chi connectivity index (χ1) is 8.62. The largest absolute Gasteiger partial charge is 0.467 e. The van der Waals surface area contributed by atoms with Gasteiger partial charge in [-0.3, -0.25) is 0 Å². The van der Waals surface area contributed by atoms with Crippen LogP contribution in [-0.2, 0) is 14.3 Å². The Balaban J connectivity index is 4.79. The number of carbonyl (C=O) groups is 2. The second-order valence-electron chi connectivity index (χ2n) is 5.48. The van der Waals surface area contributed by atoms with E-state index < -0.39 is 35.7 Å². The normalized spacial score (nSPS) is 16.2. The van der Waals surface area contributed by atoms with Gasteiger partial charge in [0.2, 0.25) is 0 Å². The number of aliphatic hydroxyl groups is 1. The molecule has 0 aromatic rings. The monoisotopic (exact) mass is 275 g/mol. The summed E-state index contributed by atoms with van der Waals surface area (Å²) in [5.74, 6) is -1.07. The summed E-state index contributed by atoms with van der Waals surface area (Å²) >= 11 is 0. The molecule has 6 nitrogen and oxygen atoms in total. The van der Waals surface area contributed by atoms with Crippen molar-refractivity contribution in [2.45, 2.75) is 58.8 Å². The van der Waals surface area contributed by atoms with Gasteiger partial charge in [-0.05, 0) is 27.2 Å². The summed E-state index contributed by atoms with van der Waals surface area (Å²) in [6.07, 6.45) is -0.943. The van der Waals surface area contributed by atoms with Gasteiger partial charge in [-0.25, -0.2) is 9.59 Å². The molecule has 0 spiro atoms. The van der Waals surface area contributed by atoms with Gasteiger partial charge in [0, 0.05) is 5.92 Å². The van der Waals surface area contributed by atoms with Crippen molar-refractivity contribution in [3.05, 3.63) is 0 Å². The summed E-state index contributed by atoms with van der Waals surface area (Å²) in [4.78, 5) is 23.4. The van der Waals surface area contributed by atoms with Crippen LogP contribution in [0.4, 0.5) is 4.79 Å². The molecular weight excluding hydrogens is 250 g/mol. The lowest BCUT2D eigenvalue weighted by molar-refractivity contribution is -0.145. The number of methoxy groups -OCH3 is 1. The highest BCUT2D eigenvalue weighted by atomic mass is 16.6. The van der Waals surface area contributed by atoms with Crippen LogP contribution in [0.1, 0.15) is 41.0 Å². The number of amides is 1. The minimum absolute atomic E-state index is 0.468. The lowest BCUT2D eigenvalue weighted by atomic mass is 9.94. The number of nitrogens with one attached hydrogen (secondary N) is 1. The smallest absolute Gasteiger partial charge is 0.408 e. The Morgan fingerprint density at radius 3 is 2.21 bits per heavy atom. The third-order valence-electron chi connectivity index (χ3n) is 2.68. The molecule has 3 atom stereocenters. The van der Waals surface area contributed by atoms with Gasteiger partial charge in [0.25, 0.3) is 0 Å². The summed E-state index contributed by atoms with van der Waals surface area (Å²) in [5.41, 5.74) is -0.655. The van der Waals surface area contributed by atoms with Gasteiger partial charge in [0.15, 0.2) is 0 Å². The lowest BCUT2D eigenvalue weighted by Crippen LogP contribution is -2.50. The molecule has 0 fully saturated rings. The first-order valence-electron chi connectivity index (χ1n) is 6.37. The van der Waals surface area contributed by atoms with Gasteiger partial charge in [-0.1, -0.05) is 13.8 Å². The Hall–Kier alpha value is -1.30. The van der Waals surface area contributed by atoms with Crippen LogP contribution >= 0.6 is 0 Å².